The van der Waals surface area contributed by atoms with Gasteiger partial charge in [-0.1, -0.05) is 17.8 Å². The summed E-state index contributed by atoms with van der Waals surface area (Å²) in [7, 11) is 4.96. The second kappa shape index (κ2) is 8.54. The summed E-state index contributed by atoms with van der Waals surface area (Å²) in [6.45, 7) is 0. The number of amides is 1. The number of methoxy groups -OCH3 is 2. The Kier molecular flexibility index (Phi) is 5.92. The molecule has 3 aromatic rings. The number of pyridine rings is 1. The number of thioether (sulfide) groups is 1. The van der Waals surface area contributed by atoms with Crippen molar-refractivity contribution in [3.05, 3.63) is 42.6 Å². The van der Waals surface area contributed by atoms with E-state index in [9.17, 15) is 4.79 Å². The Labute approximate surface area is 160 Å². The fourth-order valence-corrected chi connectivity index (χ4v) is 3.10. The van der Waals surface area contributed by atoms with E-state index in [1.165, 1.54) is 11.8 Å². The molecule has 2 aromatic heterocycles. The van der Waals surface area contributed by atoms with E-state index in [4.69, 9.17) is 9.47 Å². The van der Waals surface area contributed by atoms with Crippen LogP contribution in [0.4, 0.5) is 5.69 Å². The second-order valence-electron chi connectivity index (χ2n) is 5.48. The highest BCUT2D eigenvalue weighted by Gasteiger charge is 2.15. The lowest BCUT2D eigenvalue weighted by Crippen LogP contribution is -2.15. The van der Waals surface area contributed by atoms with Crippen LogP contribution < -0.4 is 14.8 Å². The Balaban J connectivity index is 1.66. The molecule has 0 atom stereocenters. The highest BCUT2D eigenvalue weighted by atomic mass is 32.2. The molecular formula is C18H19N5O3S. The van der Waals surface area contributed by atoms with Crippen molar-refractivity contribution in [3.8, 4) is 23.0 Å². The lowest BCUT2D eigenvalue weighted by atomic mass is 10.2. The van der Waals surface area contributed by atoms with Crippen LogP contribution in [0.25, 0.3) is 11.5 Å². The highest BCUT2D eigenvalue weighted by molar-refractivity contribution is 7.99. The Morgan fingerprint density at radius 2 is 2.04 bits per heavy atom. The van der Waals surface area contributed by atoms with Crippen molar-refractivity contribution in [1.29, 1.82) is 0 Å². The summed E-state index contributed by atoms with van der Waals surface area (Å²) < 4.78 is 12.3. The fraction of sp³-hybridized carbons (Fsp3) is 0.222. The molecular weight excluding hydrogens is 366 g/mol. The minimum atomic E-state index is -0.186. The predicted molar refractivity (Wildman–Crippen MR) is 103 cm³/mol. The lowest BCUT2D eigenvalue weighted by molar-refractivity contribution is -0.113. The van der Waals surface area contributed by atoms with Gasteiger partial charge in [0.15, 0.2) is 11.0 Å². The van der Waals surface area contributed by atoms with Gasteiger partial charge < -0.3 is 19.4 Å². The first-order valence-electron chi connectivity index (χ1n) is 8.08. The quantitative estimate of drug-likeness (QED) is 0.625. The summed E-state index contributed by atoms with van der Waals surface area (Å²) in [4.78, 5) is 16.6. The summed E-state index contributed by atoms with van der Waals surface area (Å²) in [5.74, 6) is 1.83. The molecule has 0 aliphatic carbocycles. The monoisotopic (exact) mass is 385 g/mol. The minimum absolute atomic E-state index is 0.175. The topological polar surface area (TPSA) is 91.2 Å². The number of hydrogen-bond acceptors (Lipinski definition) is 7. The molecule has 0 aliphatic heterocycles. The van der Waals surface area contributed by atoms with Crippen LogP contribution in [0.5, 0.6) is 11.5 Å². The first-order valence-corrected chi connectivity index (χ1v) is 9.06. The van der Waals surface area contributed by atoms with E-state index in [2.05, 4.69) is 20.5 Å². The zero-order valence-corrected chi connectivity index (χ0v) is 16.0. The van der Waals surface area contributed by atoms with Crippen LogP contribution in [0.2, 0.25) is 0 Å². The van der Waals surface area contributed by atoms with Gasteiger partial charge in [-0.15, -0.1) is 10.2 Å². The maximum atomic E-state index is 12.3. The maximum Gasteiger partial charge on any atom is 0.234 e. The number of nitrogens with one attached hydrogen (secondary N) is 1. The van der Waals surface area contributed by atoms with Crippen LogP contribution in [0.1, 0.15) is 0 Å². The number of anilines is 1. The van der Waals surface area contributed by atoms with Crippen LogP contribution >= 0.6 is 11.8 Å². The van der Waals surface area contributed by atoms with Gasteiger partial charge in [0.05, 0.1) is 25.7 Å². The molecule has 0 saturated carbocycles. The number of aromatic nitrogens is 4. The summed E-state index contributed by atoms with van der Waals surface area (Å²) >= 11 is 1.29. The number of nitrogens with zero attached hydrogens (tertiary/aromatic N) is 4. The molecule has 0 aliphatic rings. The van der Waals surface area contributed by atoms with Gasteiger partial charge in [0.2, 0.25) is 5.91 Å². The highest BCUT2D eigenvalue weighted by Crippen LogP contribution is 2.29. The molecule has 0 saturated heterocycles. The first kappa shape index (κ1) is 18.7. The van der Waals surface area contributed by atoms with Gasteiger partial charge in [0.25, 0.3) is 0 Å². The molecule has 1 aromatic carbocycles. The summed E-state index contributed by atoms with van der Waals surface area (Å²) in [5, 5.41) is 11.8. The molecule has 0 spiro atoms. The largest absolute Gasteiger partial charge is 0.497 e. The van der Waals surface area contributed by atoms with Gasteiger partial charge in [0, 0.05) is 19.3 Å². The van der Waals surface area contributed by atoms with Gasteiger partial charge in [-0.3, -0.25) is 9.78 Å². The molecule has 0 unspecified atom stereocenters. The Bertz CT molecular complexity index is 930. The lowest BCUT2D eigenvalue weighted by Gasteiger charge is -2.11. The van der Waals surface area contributed by atoms with E-state index in [0.717, 1.165) is 5.69 Å². The number of rotatable bonds is 7. The van der Waals surface area contributed by atoms with Crippen LogP contribution in [-0.2, 0) is 11.8 Å². The van der Waals surface area contributed by atoms with Gasteiger partial charge in [-0.2, -0.15) is 0 Å². The third kappa shape index (κ3) is 4.37. The fourth-order valence-electron chi connectivity index (χ4n) is 2.39. The minimum Gasteiger partial charge on any atom is -0.497 e. The van der Waals surface area contributed by atoms with E-state index in [-0.39, 0.29) is 11.7 Å². The van der Waals surface area contributed by atoms with Gasteiger partial charge >= 0.3 is 0 Å². The first-order chi connectivity index (χ1) is 13.1. The van der Waals surface area contributed by atoms with Crippen molar-refractivity contribution >= 4 is 23.4 Å². The third-order valence-corrected chi connectivity index (χ3v) is 4.76. The summed E-state index contributed by atoms with van der Waals surface area (Å²) in [6, 6.07) is 10.8. The Hall–Kier alpha value is -3.07. The van der Waals surface area contributed by atoms with E-state index >= 15 is 0 Å². The Morgan fingerprint density at radius 3 is 2.74 bits per heavy atom. The van der Waals surface area contributed by atoms with E-state index in [1.807, 2.05) is 29.8 Å². The second-order valence-corrected chi connectivity index (χ2v) is 6.43. The average molecular weight is 385 g/mol. The molecule has 0 radical (unpaired) electrons. The zero-order valence-electron chi connectivity index (χ0n) is 15.2. The van der Waals surface area contributed by atoms with Crippen LogP contribution in [-0.4, -0.2) is 45.6 Å². The zero-order chi connectivity index (χ0) is 19.2. The molecule has 1 amide bonds. The third-order valence-electron chi connectivity index (χ3n) is 3.74. The van der Waals surface area contributed by atoms with Crippen molar-refractivity contribution in [1.82, 2.24) is 19.7 Å². The molecule has 2 heterocycles. The number of carbonyl (C=O) groups is 1. The van der Waals surface area contributed by atoms with Crippen LogP contribution in [0.3, 0.4) is 0 Å². The number of benzene rings is 1. The summed E-state index contributed by atoms with van der Waals surface area (Å²) in [5.41, 5.74) is 1.28. The molecule has 140 valence electrons. The number of hydrogen-bond donors (Lipinski definition) is 1. The average Bonchev–Trinajstić information content (AvgIpc) is 3.07. The smallest absolute Gasteiger partial charge is 0.234 e. The van der Waals surface area contributed by atoms with Gasteiger partial charge in [-0.05, 0) is 24.3 Å². The molecule has 1 N–H and O–H groups in total. The normalized spacial score (nSPS) is 10.5. The standard InChI is InChI=1S/C18H19N5O3S/c1-23-17(13-6-4-5-9-19-13)21-22-18(23)27-11-16(24)20-14-10-12(25-2)7-8-15(14)26-3/h4-10H,11H2,1-3H3,(H,20,24). The SMILES string of the molecule is COc1ccc(OC)c(NC(=O)CSc2nnc(-c3ccccn3)n2C)c1. The van der Waals surface area contributed by atoms with Crippen LogP contribution in [0.15, 0.2) is 47.8 Å². The van der Waals surface area contributed by atoms with Crippen LogP contribution in [0, 0.1) is 0 Å². The van der Waals surface area contributed by atoms with Crippen molar-refractivity contribution in [2.75, 3.05) is 25.3 Å². The molecule has 3 rings (SSSR count). The Morgan fingerprint density at radius 1 is 1.19 bits per heavy atom. The van der Waals surface area contributed by atoms with Crippen molar-refractivity contribution < 1.29 is 14.3 Å². The number of carbonyl (C=O) groups excluding carboxylic acids is 1. The molecule has 27 heavy (non-hydrogen) atoms. The molecule has 9 heteroatoms. The van der Waals surface area contributed by atoms with Gasteiger partial charge in [0.1, 0.15) is 17.2 Å². The number of ether oxygens (including phenoxy) is 2. The van der Waals surface area contributed by atoms with Crippen molar-refractivity contribution in [3.63, 3.8) is 0 Å². The van der Waals surface area contributed by atoms with Gasteiger partial charge in [-0.25, -0.2) is 0 Å². The molecule has 8 nitrogen and oxygen atoms in total. The summed E-state index contributed by atoms with van der Waals surface area (Å²) in [6.07, 6.45) is 1.70. The van der Waals surface area contributed by atoms with E-state index < -0.39 is 0 Å². The van der Waals surface area contributed by atoms with E-state index in [0.29, 0.717) is 28.2 Å². The molecule has 0 fully saturated rings. The maximum absolute atomic E-state index is 12.3. The van der Waals surface area contributed by atoms with Crippen molar-refractivity contribution in [2.45, 2.75) is 5.16 Å². The van der Waals surface area contributed by atoms with Crippen molar-refractivity contribution in [2.24, 2.45) is 7.05 Å². The predicted octanol–water partition coefficient (Wildman–Crippen LogP) is 2.63. The van der Waals surface area contributed by atoms with E-state index in [1.54, 1.807) is 38.6 Å². The molecule has 0 bridgehead atoms.